The minimum absolute atomic E-state index is 0.165. The van der Waals surface area contributed by atoms with Crippen LogP contribution in [0, 0.1) is 0 Å². The fourth-order valence-corrected chi connectivity index (χ4v) is 3.42. The molecule has 1 aliphatic carbocycles. The number of hydrogen-bond acceptors (Lipinski definition) is 4. The molecular weight excluding hydrogens is 292 g/mol. The van der Waals surface area contributed by atoms with Crippen molar-refractivity contribution in [3.8, 4) is 11.5 Å². The molecule has 23 heavy (non-hydrogen) atoms. The quantitative estimate of drug-likeness (QED) is 0.724. The number of carbonyl (C=O) groups is 1. The molecule has 0 unspecified atom stereocenters. The lowest BCUT2D eigenvalue weighted by Gasteiger charge is -2.39. The van der Waals surface area contributed by atoms with E-state index < -0.39 is 0 Å². The number of nitrogens with zero attached hydrogens (tertiary/aromatic N) is 2. The molecule has 1 saturated carbocycles. The van der Waals surface area contributed by atoms with Crippen LogP contribution in [0.4, 0.5) is 0 Å². The Morgan fingerprint density at radius 3 is 2.70 bits per heavy atom. The largest absolute Gasteiger partial charge is 0.493 e. The van der Waals surface area contributed by atoms with Gasteiger partial charge in [0, 0.05) is 38.0 Å². The second-order valence-corrected chi connectivity index (χ2v) is 6.57. The Bertz CT molecular complexity index is 537. The van der Waals surface area contributed by atoms with Crippen molar-refractivity contribution in [3.63, 3.8) is 0 Å². The molecule has 126 valence electrons. The van der Waals surface area contributed by atoms with E-state index in [1.807, 2.05) is 19.2 Å². The van der Waals surface area contributed by atoms with Gasteiger partial charge in [-0.05, 0) is 32.0 Å². The maximum Gasteiger partial charge on any atom is 0.209 e. The summed E-state index contributed by atoms with van der Waals surface area (Å²) >= 11 is 0. The van der Waals surface area contributed by atoms with Crippen LogP contribution in [0.2, 0.25) is 0 Å². The predicted octanol–water partition coefficient (Wildman–Crippen LogP) is 2.29. The number of rotatable bonds is 7. The molecule has 1 aromatic rings. The van der Waals surface area contributed by atoms with Gasteiger partial charge in [0.25, 0.3) is 0 Å². The lowest BCUT2D eigenvalue weighted by atomic mass is 9.88. The highest BCUT2D eigenvalue weighted by Crippen LogP contribution is 2.36. The van der Waals surface area contributed by atoms with Crippen LogP contribution in [0.1, 0.15) is 31.2 Å². The zero-order chi connectivity index (χ0) is 16.2. The van der Waals surface area contributed by atoms with Crippen LogP contribution in [-0.2, 0) is 11.3 Å². The number of benzene rings is 1. The van der Waals surface area contributed by atoms with Crippen LogP contribution in [0.25, 0.3) is 0 Å². The Balaban J connectivity index is 1.64. The molecule has 1 heterocycles. The van der Waals surface area contributed by atoms with Gasteiger partial charge in [0.05, 0.1) is 7.11 Å². The lowest BCUT2D eigenvalue weighted by Crippen LogP contribution is -2.47. The molecular formula is C18H26N2O3. The predicted molar refractivity (Wildman–Crippen MR) is 88.8 cm³/mol. The zero-order valence-corrected chi connectivity index (χ0v) is 14.0. The van der Waals surface area contributed by atoms with E-state index in [1.165, 1.54) is 18.4 Å². The van der Waals surface area contributed by atoms with E-state index in [0.717, 1.165) is 50.4 Å². The standard InChI is InChI=1S/C18H26N2O3/c1-19(13-21)15-10-16(11-15)23-17-7-5-6-14(18(17)22-2)12-20-8-3-4-9-20/h5-7,13,15-16H,3-4,8-12H2,1-2H3. The third-order valence-electron chi connectivity index (χ3n) is 4.96. The Morgan fingerprint density at radius 2 is 2.04 bits per heavy atom. The fraction of sp³-hybridized carbons (Fsp3) is 0.611. The van der Waals surface area contributed by atoms with Gasteiger partial charge in [-0.2, -0.15) is 0 Å². The van der Waals surface area contributed by atoms with Crippen molar-refractivity contribution in [1.82, 2.24) is 9.80 Å². The molecule has 0 bridgehead atoms. The Kier molecular flexibility index (Phi) is 5.06. The van der Waals surface area contributed by atoms with Crippen molar-refractivity contribution >= 4 is 6.41 Å². The van der Waals surface area contributed by atoms with Gasteiger partial charge in [-0.3, -0.25) is 9.69 Å². The molecule has 0 aromatic heterocycles. The van der Waals surface area contributed by atoms with Gasteiger partial charge in [-0.15, -0.1) is 0 Å². The van der Waals surface area contributed by atoms with Crippen molar-refractivity contribution in [2.75, 3.05) is 27.2 Å². The van der Waals surface area contributed by atoms with E-state index in [0.29, 0.717) is 6.04 Å². The summed E-state index contributed by atoms with van der Waals surface area (Å²) in [6.45, 7) is 3.24. The van der Waals surface area contributed by atoms with Crippen LogP contribution in [-0.4, -0.2) is 55.6 Å². The van der Waals surface area contributed by atoms with Crippen molar-refractivity contribution in [2.45, 2.75) is 44.4 Å². The van der Waals surface area contributed by atoms with E-state index in [-0.39, 0.29) is 6.10 Å². The van der Waals surface area contributed by atoms with Crippen LogP contribution >= 0.6 is 0 Å². The molecule has 5 heteroatoms. The van der Waals surface area contributed by atoms with Crippen LogP contribution in [0.5, 0.6) is 11.5 Å². The monoisotopic (exact) mass is 318 g/mol. The summed E-state index contributed by atoms with van der Waals surface area (Å²) in [6.07, 6.45) is 5.39. The summed E-state index contributed by atoms with van der Waals surface area (Å²) in [5, 5.41) is 0. The van der Waals surface area contributed by atoms with Crippen LogP contribution < -0.4 is 9.47 Å². The van der Waals surface area contributed by atoms with Crippen molar-refractivity contribution < 1.29 is 14.3 Å². The van der Waals surface area contributed by atoms with Crippen molar-refractivity contribution in [2.24, 2.45) is 0 Å². The van der Waals surface area contributed by atoms with Gasteiger partial charge < -0.3 is 14.4 Å². The first-order chi connectivity index (χ1) is 11.2. The maximum atomic E-state index is 10.8. The summed E-state index contributed by atoms with van der Waals surface area (Å²) < 4.78 is 11.7. The molecule has 0 radical (unpaired) electrons. The zero-order valence-electron chi connectivity index (χ0n) is 14.0. The number of para-hydroxylation sites is 1. The van der Waals surface area contributed by atoms with Crippen molar-refractivity contribution in [3.05, 3.63) is 23.8 Å². The van der Waals surface area contributed by atoms with Gasteiger partial charge in [-0.25, -0.2) is 0 Å². The van der Waals surface area contributed by atoms with E-state index >= 15 is 0 Å². The van der Waals surface area contributed by atoms with E-state index in [1.54, 1.807) is 12.0 Å². The number of amides is 1. The van der Waals surface area contributed by atoms with Gasteiger partial charge in [-0.1, -0.05) is 12.1 Å². The molecule has 1 aromatic carbocycles. The lowest BCUT2D eigenvalue weighted by molar-refractivity contribution is -0.122. The molecule has 3 rings (SSSR count). The normalized spacial score (nSPS) is 24.1. The summed E-state index contributed by atoms with van der Waals surface area (Å²) in [6, 6.07) is 6.43. The second kappa shape index (κ2) is 7.21. The molecule has 0 N–H and O–H groups in total. The SMILES string of the molecule is COc1c(CN2CCCC2)cccc1OC1CC(N(C)C=O)C1. The number of methoxy groups -OCH3 is 1. The van der Waals surface area contributed by atoms with E-state index in [2.05, 4.69) is 11.0 Å². The molecule has 2 aliphatic rings. The highest BCUT2D eigenvalue weighted by molar-refractivity contribution is 5.48. The Labute approximate surface area is 138 Å². The number of carbonyl (C=O) groups excluding carboxylic acids is 1. The molecule has 1 amide bonds. The Hall–Kier alpha value is -1.75. The molecule has 0 atom stereocenters. The Morgan fingerprint density at radius 1 is 1.30 bits per heavy atom. The highest BCUT2D eigenvalue weighted by atomic mass is 16.5. The minimum Gasteiger partial charge on any atom is -0.493 e. The first kappa shape index (κ1) is 16.1. The van der Waals surface area contributed by atoms with Gasteiger partial charge >= 0.3 is 0 Å². The summed E-state index contributed by atoms with van der Waals surface area (Å²) in [5.41, 5.74) is 1.19. The third kappa shape index (κ3) is 3.61. The first-order valence-corrected chi connectivity index (χ1v) is 8.43. The summed E-state index contributed by atoms with van der Waals surface area (Å²) in [5.74, 6) is 1.67. The highest BCUT2D eigenvalue weighted by Gasteiger charge is 2.34. The van der Waals surface area contributed by atoms with Crippen LogP contribution in [0.3, 0.4) is 0 Å². The van der Waals surface area contributed by atoms with Crippen LogP contribution in [0.15, 0.2) is 18.2 Å². The van der Waals surface area contributed by atoms with Crippen molar-refractivity contribution in [1.29, 1.82) is 0 Å². The minimum atomic E-state index is 0.165. The topological polar surface area (TPSA) is 42.0 Å². The molecule has 2 fully saturated rings. The molecule has 1 aliphatic heterocycles. The number of hydrogen-bond donors (Lipinski definition) is 0. The summed E-state index contributed by atoms with van der Waals surface area (Å²) in [7, 11) is 3.53. The number of likely N-dealkylation sites (tertiary alicyclic amines) is 1. The molecule has 5 nitrogen and oxygen atoms in total. The van der Waals surface area contributed by atoms with Gasteiger partial charge in [0.2, 0.25) is 6.41 Å². The van der Waals surface area contributed by atoms with E-state index in [9.17, 15) is 4.79 Å². The average Bonchev–Trinajstić information content (AvgIpc) is 3.03. The average molecular weight is 318 g/mol. The fourth-order valence-electron chi connectivity index (χ4n) is 3.42. The van der Waals surface area contributed by atoms with Gasteiger partial charge in [0.1, 0.15) is 6.10 Å². The number of ether oxygens (including phenoxy) is 2. The van der Waals surface area contributed by atoms with Gasteiger partial charge in [0.15, 0.2) is 11.5 Å². The molecule has 1 saturated heterocycles. The first-order valence-electron chi connectivity index (χ1n) is 8.43. The smallest absolute Gasteiger partial charge is 0.209 e. The summed E-state index contributed by atoms with van der Waals surface area (Å²) in [4.78, 5) is 15.0. The molecule has 0 spiro atoms. The third-order valence-corrected chi connectivity index (χ3v) is 4.96. The van der Waals surface area contributed by atoms with E-state index in [4.69, 9.17) is 9.47 Å². The second-order valence-electron chi connectivity index (χ2n) is 6.57. The maximum absolute atomic E-state index is 10.8.